The van der Waals surface area contributed by atoms with Crippen LogP contribution in [0.5, 0.6) is 0 Å². The van der Waals surface area contributed by atoms with E-state index in [0.717, 1.165) is 73.2 Å². The Bertz CT molecular complexity index is 1320. The lowest BCUT2D eigenvalue weighted by Gasteiger charge is -2.24. The van der Waals surface area contributed by atoms with Crippen LogP contribution in [0.3, 0.4) is 0 Å². The van der Waals surface area contributed by atoms with Gasteiger partial charge in [-0.05, 0) is 69.6 Å². The minimum Gasteiger partial charge on any atom is -0.353 e. The summed E-state index contributed by atoms with van der Waals surface area (Å²) in [4.78, 5) is 21.8. The Morgan fingerprint density at radius 1 is 1.03 bits per heavy atom. The first-order valence-corrected chi connectivity index (χ1v) is 13.2. The van der Waals surface area contributed by atoms with Gasteiger partial charge in [-0.1, -0.05) is 54.6 Å². The number of hydrogen-bond donors (Lipinski definition) is 1. The molecule has 1 aliphatic rings. The fourth-order valence-electron chi connectivity index (χ4n) is 5.11. The van der Waals surface area contributed by atoms with Gasteiger partial charge < -0.3 is 10.2 Å². The zero-order valence-electron chi connectivity index (χ0n) is 21.8. The molecule has 0 saturated carbocycles. The van der Waals surface area contributed by atoms with Crippen molar-refractivity contribution in [3.05, 3.63) is 78.8 Å². The van der Waals surface area contributed by atoms with Crippen molar-refractivity contribution in [1.82, 2.24) is 29.7 Å². The maximum atomic E-state index is 12.6. The second kappa shape index (κ2) is 11.7. The van der Waals surface area contributed by atoms with Crippen molar-refractivity contribution in [2.45, 2.75) is 31.7 Å². The Morgan fingerprint density at radius 3 is 2.62 bits per heavy atom. The molecule has 1 N–H and O–H groups in total. The van der Waals surface area contributed by atoms with Crippen molar-refractivity contribution in [3.8, 4) is 22.3 Å². The predicted molar refractivity (Wildman–Crippen MR) is 148 cm³/mol. The van der Waals surface area contributed by atoms with Crippen molar-refractivity contribution >= 4 is 11.6 Å². The summed E-state index contributed by atoms with van der Waals surface area (Å²) in [7, 11) is 4.05. The van der Waals surface area contributed by atoms with Gasteiger partial charge in [0.15, 0.2) is 5.65 Å². The minimum atomic E-state index is 0.0247. The number of likely N-dealkylation sites (tertiary alicyclic amines) is 1. The second-order valence-corrected chi connectivity index (χ2v) is 10.1. The van der Waals surface area contributed by atoms with Crippen molar-refractivity contribution < 1.29 is 4.79 Å². The molecule has 7 heteroatoms. The molecule has 37 heavy (non-hydrogen) atoms. The smallest absolute Gasteiger partial charge is 0.237 e. The van der Waals surface area contributed by atoms with Crippen LogP contribution in [-0.2, 0) is 11.2 Å². The monoisotopic (exact) mass is 496 g/mol. The summed E-state index contributed by atoms with van der Waals surface area (Å²) in [6.07, 6.45) is 9.96. The van der Waals surface area contributed by atoms with Crippen molar-refractivity contribution in [2.75, 3.05) is 40.3 Å². The lowest BCUT2D eigenvalue weighted by atomic mass is 10.0. The summed E-state index contributed by atoms with van der Waals surface area (Å²) < 4.78 is 1.86. The van der Waals surface area contributed by atoms with Gasteiger partial charge in [0, 0.05) is 36.6 Å². The number of aromatic nitrogens is 3. The van der Waals surface area contributed by atoms with E-state index in [1.807, 2.05) is 55.4 Å². The van der Waals surface area contributed by atoms with Gasteiger partial charge in [-0.15, -0.1) is 0 Å². The third kappa shape index (κ3) is 6.06. The number of fused-ring (bicyclic) bond motifs is 1. The van der Waals surface area contributed by atoms with Gasteiger partial charge in [-0.25, -0.2) is 9.50 Å². The van der Waals surface area contributed by atoms with Crippen LogP contribution in [0.4, 0.5) is 0 Å². The lowest BCUT2D eigenvalue weighted by Crippen LogP contribution is -2.45. The number of aryl methyl sites for hydroxylation is 1. The van der Waals surface area contributed by atoms with Gasteiger partial charge in [0.1, 0.15) is 0 Å². The van der Waals surface area contributed by atoms with Crippen LogP contribution in [0, 0.1) is 0 Å². The van der Waals surface area contributed by atoms with Crippen molar-refractivity contribution in [2.24, 2.45) is 0 Å². The number of hydrogen-bond acceptors (Lipinski definition) is 5. The third-order valence-electron chi connectivity index (χ3n) is 7.16. The molecule has 0 unspecified atom stereocenters. The van der Waals surface area contributed by atoms with Crippen LogP contribution in [-0.4, -0.2) is 76.6 Å². The Balaban J connectivity index is 1.16. The Kier molecular flexibility index (Phi) is 7.92. The molecule has 7 nitrogen and oxygen atoms in total. The Hall–Kier alpha value is -3.55. The van der Waals surface area contributed by atoms with E-state index in [4.69, 9.17) is 4.98 Å². The highest BCUT2D eigenvalue weighted by Crippen LogP contribution is 2.26. The molecule has 0 bridgehead atoms. The van der Waals surface area contributed by atoms with Crippen molar-refractivity contribution in [3.63, 3.8) is 0 Å². The fourth-order valence-corrected chi connectivity index (χ4v) is 5.11. The quantitative estimate of drug-likeness (QED) is 0.358. The molecule has 2 aromatic carbocycles. The summed E-state index contributed by atoms with van der Waals surface area (Å²) in [6, 6.07) is 19.0. The average molecular weight is 497 g/mol. The average Bonchev–Trinajstić information content (AvgIpc) is 3.56. The minimum absolute atomic E-state index is 0.0247. The molecule has 3 heterocycles. The molecule has 5 rings (SSSR count). The lowest BCUT2D eigenvalue weighted by molar-refractivity contribution is -0.125. The molecule has 2 aromatic heterocycles. The van der Waals surface area contributed by atoms with Gasteiger partial charge in [-0.2, -0.15) is 5.10 Å². The zero-order chi connectivity index (χ0) is 25.6. The van der Waals surface area contributed by atoms with E-state index < -0.39 is 0 Å². The van der Waals surface area contributed by atoms with Crippen LogP contribution in [0.1, 0.15) is 24.8 Å². The molecule has 0 radical (unpaired) electrons. The van der Waals surface area contributed by atoms with E-state index in [1.54, 1.807) is 0 Å². The Morgan fingerprint density at radius 2 is 1.84 bits per heavy atom. The van der Waals surface area contributed by atoms with Gasteiger partial charge >= 0.3 is 0 Å². The number of carbonyl (C=O) groups is 1. The highest BCUT2D eigenvalue weighted by molar-refractivity contribution is 5.82. The summed E-state index contributed by atoms with van der Waals surface area (Å²) in [6.45, 7) is 3.55. The molecule has 4 aromatic rings. The van der Waals surface area contributed by atoms with Crippen LogP contribution in [0.25, 0.3) is 27.9 Å². The molecule has 1 saturated heterocycles. The SMILES string of the molecule is CN(C)CCNC(=O)[C@H]1CCCN1CCCc1ccc(-c2cnc3c(-c4ccccc4)cnn3c2)cc1. The number of likely N-dealkylation sites (N-methyl/N-ethyl adjacent to an activating group) is 1. The molecule has 1 amide bonds. The zero-order valence-corrected chi connectivity index (χ0v) is 21.8. The second-order valence-electron chi connectivity index (χ2n) is 10.1. The number of rotatable bonds is 10. The standard InChI is InChI=1S/C30H36N6O/c1-34(2)19-16-31-30(37)28-11-7-18-35(28)17-6-8-23-12-14-24(15-13-23)26-20-32-29-27(21-33-36(29)22-26)25-9-4-3-5-10-25/h3-5,9-10,12-15,20-22,28H,6-8,11,16-19H2,1-2H3,(H,31,37)/t28-/m1/s1. The van der Waals surface area contributed by atoms with Gasteiger partial charge in [0.25, 0.3) is 0 Å². The fraction of sp³-hybridized carbons (Fsp3) is 0.367. The van der Waals surface area contributed by atoms with E-state index in [9.17, 15) is 4.79 Å². The number of benzene rings is 2. The maximum absolute atomic E-state index is 12.6. The van der Waals surface area contributed by atoms with Crippen LogP contribution in [0.2, 0.25) is 0 Å². The number of amides is 1. The molecule has 1 atom stereocenters. The molecule has 0 spiro atoms. The maximum Gasteiger partial charge on any atom is 0.237 e. The number of nitrogens with one attached hydrogen (secondary N) is 1. The van der Waals surface area contributed by atoms with E-state index in [-0.39, 0.29) is 11.9 Å². The highest BCUT2D eigenvalue weighted by atomic mass is 16.2. The Labute approximate surface area is 219 Å². The normalized spacial score (nSPS) is 16.0. The molecule has 0 aliphatic carbocycles. The first-order chi connectivity index (χ1) is 18.1. The number of carbonyl (C=O) groups excluding carboxylic acids is 1. The summed E-state index contributed by atoms with van der Waals surface area (Å²) in [5.74, 6) is 0.183. The van der Waals surface area contributed by atoms with Crippen LogP contribution >= 0.6 is 0 Å². The molecular formula is C30H36N6O. The summed E-state index contributed by atoms with van der Waals surface area (Å²) in [5.41, 5.74) is 6.50. The van der Waals surface area contributed by atoms with Crippen LogP contribution in [0.15, 0.2) is 73.2 Å². The number of nitrogens with zero attached hydrogens (tertiary/aromatic N) is 5. The van der Waals surface area contributed by atoms with E-state index >= 15 is 0 Å². The van der Waals surface area contributed by atoms with E-state index in [2.05, 4.69) is 56.6 Å². The summed E-state index contributed by atoms with van der Waals surface area (Å²) >= 11 is 0. The summed E-state index contributed by atoms with van der Waals surface area (Å²) in [5, 5.41) is 7.64. The van der Waals surface area contributed by atoms with Crippen molar-refractivity contribution in [1.29, 1.82) is 0 Å². The predicted octanol–water partition coefficient (Wildman–Crippen LogP) is 4.14. The first-order valence-electron chi connectivity index (χ1n) is 13.2. The van der Waals surface area contributed by atoms with E-state index in [1.165, 1.54) is 5.56 Å². The van der Waals surface area contributed by atoms with Gasteiger partial charge in [-0.3, -0.25) is 9.69 Å². The van der Waals surface area contributed by atoms with E-state index in [0.29, 0.717) is 6.54 Å². The van der Waals surface area contributed by atoms with Gasteiger partial charge in [0.05, 0.1) is 12.2 Å². The highest BCUT2D eigenvalue weighted by Gasteiger charge is 2.29. The molecule has 192 valence electrons. The third-order valence-corrected chi connectivity index (χ3v) is 7.16. The molecule has 1 fully saturated rings. The first kappa shape index (κ1) is 25.1. The molecular weight excluding hydrogens is 460 g/mol. The van der Waals surface area contributed by atoms with Gasteiger partial charge in [0.2, 0.25) is 5.91 Å². The topological polar surface area (TPSA) is 65.8 Å². The largest absolute Gasteiger partial charge is 0.353 e. The van der Waals surface area contributed by atoms with Crippen LogP contribution < -0.4 is 5.32 Å². The molecule has 1 aliphatic heterocycles.